The van der Waals surface area contributed by atoms with Crippen molar-refractivity contribution in [2.45, 2.75) is 20.0 Å². The van der Waals surface area contributed by atoms with Gasteiger partial charge in [-0.3, -0.25) is 0 Å². The van der Waals surface area contributed by atoms with Gasteiger partial charge in [0, 0.05) is 18.7 Å². The monoisotopic (exact) mass is 431 g/mol. The summed E-state index contributed by atoms with van der Waals surface area (Å²) in [5.41, 5.74) is 1.49. The largest absolute Gasteiger partial charge is 0.357 e. The predicted molar refractivity (Wildman–Crippen MR) is 99.9 cm³/mol. The first-order valence-corrected chi connectivity index (χ1v) is 7.19. The number of hydrogen-bond donors (Lipinski definition) is 2. The molecule has 2 rings (SSSR count). The molecular formula is C17H20F2IN3. The highest BCUT2D eigenvalue weighted by Gasteiger charge is 2.02. The number of aliphatic imine (C=N–C) groups is 1. The average molecular weight is 431 g/mol. The number of nitrogens with one attached hydrogen (secondary N) is 2. The third-order valence-electron chi connectivity index (χ3n) is 3.08. The van der Waals surface area contributed by atoms with E-state index in [0.717, 1.165) is 5.56 Å². The van der Waals surface area contributed by atoms with Gasteiger partial charge in [0.1, 0.15) is 11.6 Å². The number of hydrogen-bond acceptors (Lipinski definition) is 1. The molecule has 0 aromatic heterocycles. The number of halogens is 3. The van der Waals surface area contributed by atoms with E-state index in [9.17, 15) is 8.78 Å². The van der Waals surface area contributed by atoms with Crippen LogP contribution in [0.15, 0.2) is 53.5 Å². The molecule has 0 saturated heterocycles. The first-order chi connectivity index (χ1) is 10.7. The van der Waals surface area contributed by atoms with Crippen LogP contribution in [-0.2, 0) is 13.1 Å². The van der Waals surface area contributed by atoms with E-state index < -0.39 is 0 Å². The molecule has 23 heavy (non-hydrogen) atoms. The summed E-state index contributed by atoms with van der Waals surface area (Å²) in [5, 5.41) is 6.18. The van der Waals surface area contributed by atoms with Crippen LogP contribution in [0.1, 0.15) is 18.1 Å². The van der Waals surface area contributed by atoms with Gasteiger partial charge in [-0.15, -0.1) is 24.0 Å². The van der Waals surface area contributed by atoms with Crippen molar-refractivity contribution in [3.05, 3.63) is 71.3 Å². The van der Waals surface area contributed by atoms with Crippen molar-refractivity contribution in [1.29, 1.82) is 0 Å². The second-order valence-corrected chi connectivity index (χ2v) is 4.77. The molecule has 6 heteroatoms. The Hall–Kier alpha value is -1.70. The second kappa shape index (κ2) is 10.1. The van der Waals surface area contributed by atoms with E-state index in [1.54, 1.807) is 30.3 Å². The maximum atomic E-state index is 13.6. The van der Waals surface area contributed by atoms with Gasteiger partial charge in [-0.1, -0.05) is 30.3 Å². The van der Waals surface area contributed by atoms with Crippen LogP contribution in [-0.4, -0.2) is 12.5 Å². The van der Waals surface area contributed by atoms with Gasteiger partial charge in [-0.05, 0) is 30.7 Å². The molecule has 0 atom stereocenters. The normalized spacial score (nSPS) is 10.8. The Morgan fingerprint density at radius 2 is 1.70 bits per heavy atom. The summed E-state index contributed by atoms with van der Waals surface area (Å²) in [6, 6.07) is 12.8. The molecule has 3 nitrogen and oxygen atoms in total. The minimum atomic E-state index is -0.266. The van der Waals surface area contributed by atoms with Gasteiger partial charge in [-0.2, -0.15) is 0 Å². The number of nitrogens with zero attached hydrogens (tertiary/aromatic N) is 1. The fourth-order valence-electron chi connectivity index (χ4n) is 1.92. The summed E-state index contributed by atoms with van der Waals surface area (Å²) in [7, 11) is 0. The lowest BCUT2D eigenvalue weighted by atomic mass is 10.2. The van der Waals surface area contributed by atoms with Gasteiger partial charge in [0.2, 0.25) is 0 Å². The van der Waals surface area contributed by atoms with Crippen molar-refractivity contribution in [1.82, 2.24) is 10.6 Å². The van der Waals surface area contributed by atoms with Gasteiger partial charge in [-0.25, -0.2) is 13.8 Å². The van der Waals surface area contributed by atoms with Crippen LogP contribution in [0.4, 0.5) is 8.78 Å². The van der Waals surface area contributed by atoms with Crippen molar-refractivity contribution in [2.24, 2.45) is 4.99 Å². The topological polar surface area (TPSA) is 36.4 Å². The van der Waals surface area contributed by atoms with Crippen molar-refractivity contribution >= 4 is 29.9 Å². The van der Waals surface area contributed by atoms with Gasteiger partial charge in [0.25, 0.3) is 0 Å². The summed E-state index contributed by atoms with van der Waals surface area (Å²) in [6.07, 6.45) is 0. The first kappa shape index (κ1) is 19.3. The molecule has 0 heterocycles. The summed E-state index contributed by atoms with van der Waals surface area (Å²) >= 11 is 0. The molecule has 0 fully saturated rings. The van der Waals surface area contributed by atoms with Crippen LogP contribution in [0.5, 0.6) is 0 Å². The zero-order valence-corrected chi connectivity index (χ0v) is 15.2. The fraction of sp³-hybridized carbons (Fsp3) is 0.235. The Morgan fingerprint density at radius 1 is 1.00 bits per heavy atom. The van der Waals surface area contributed by atoms with Crippen LogP contribution >= 0.6 is 24.0 Å². The van der Waals surface area contributed by atoms with Crippen molar-refractivity contribution in [3.8, 4) is 0 Å². The summed E-state index contributed by atoms with van der Waals surface area (Å²) in [5.74, 6) is 0.0803. The molecule has 0 radical (unpaired) electrons. The molecule has 2 aromatic rings. The van der Waals surface area contributed by atoms with Crippen molar-refractivity contribution in [2.75, 3.05) is 6.54 Å². The molecule has 0 amide bonds. The molecule has 0 aliphatic carbocycles. The Kier molecular flexibility index (Phi) is 8.53. The molecule has 0 spiro atoms. The van der Waals surface area contributed by atoms with Gasteiger partial charge in [0.15, 0.2) is 5.96 Å². The highest BCUT2D eigenvalue weighted by molar-refractivity contribution is 14.0. The first-order valence-electron chi connectivity index (χ1n) is 7.19. The quantitative estimate of drug-likeness (QED) is 0.429. The molecule has 124 valence electrons. The Labute approximate surface area is 152 Å². The molecule has 0 aliphatic heterocycles. The number of rotatable bonds is 5. The van der Waals surface area contributed by atoms with Crippen LogP contribution in [0.3, 0.4) is 0 Å². The zero-order valence-electron chi connectivity index (χ0n) is 12.9. The van der Waals surface area contributed by atoms with E-state index in [2.05, 4.69) is 15.6 Å². The lowest BCUT2D eigenvalue weighted by Crippen LogP contribution is -2.37. The van der Waals surface area contributed by atoms with Crippen LogP contribution in [0.25, 0.3) is 0 Å². The van der Waals surface area contributed by atoms with E-state index in [4.69, 9.17) is 0 Å². The minimum absolute atomic E-state index is 0. The maximum absolute atomic E-state index is 13.6. The Bertz CT molecular complexity index is 630. The van der Waals surface area contributed by atoms with E-state index in [0.29, 0.717) is 31.2 Å². The predicted octanol–water partition coefficient (Wildman–Crippen LogP) is 3.84. The second-order valence-electron chi connectivity index (χ2n) is 4.77. The van der Waals surface area contributed by atoms with E-state index in [1.165, 1.54) is 18.2 Å². The molecule has 2 aromatic carbocycles. The van der Waals surface area contributed by atoms with Crippen molar-refractivity contribution in [3.63, 3.8) is 0 Å². The molecule has 2 N–H and O–H groups in total. The highest BCUT2D eigenvalue weighted by Crippen LogP contribution is 2.06. The minimum Gasteiger partial charge on any atom is -0.357 e. The standard InChI is InChI=1S/C17H19F2N3.HI/c1-2-20-17(21-11-13-7-9-15(18)10-8-13)22-12-14-5-3-4-6-16(14)19;/h3-10H,2,11-12H2,1H3,(H2,20,21,22);1H. The Morgan fingerprint density at radius 3 is 2.35 bits per heavy atom. The van der Waals surface area contributed by atoms with E-state index in [-0.39, 0.29) is 35.6 Å². The lowest BCUT2D eigenvalue weighted by molar-refractivity contribution is 0.604. The third kappa shape index (κ3) is 6.52. The number of benzene rings is 2. The SMILES string of the molecule is CCNC(=NCc1ccc(F)cc1)NCc1ccccc1F.I. The van der Waals surface area contributed by atoms with Crippen LogP contribution < -0.4 is 10.6 Å². The molecular weight excluding hydrogens is 411 g/mol. The van der Waals surface area contributed by atoms with E-state index in [1.807, 2.05) is 6.92 Å². The van der Waals surface area contributed by atoms with Gasteiger partial charge in [0.05, 0.1) is 6.54 Å². The van der Waals surface area contributed by atoms with Crippen LogP contribution in [0.2, 0.25) is 0 Å². The van der Waals surface area contributed by atoms with Crippen molar-refractivity contribution < 1.29 is 8.78 Å². The summed E-state index contributed by atoms with van der Waals surface area (Å²) in [4.78, 5) is 4.41. The molecule has 0 unspecified atom stereocenters. The number of guanidine groups is 1. The highest BCUT2D eigenvalue weighted by atomic mass is 127. The molecule has 0 bridgehead atoms. The average Bonchev–Trinajstić information content (AvgIpc) is 2.53. The summed E-state index contributed by atoms with van der Waals surface area (Å²) < 4.78 is 26.4. The Balaban J connectivity index is 0.00000264. The van der Waals surface area contributed by atoms with E-state index >= 15 is 0 Å². The molecule has 0 aliphatic rings. The fourth-order valence-corrected chi connectivity index (χ4v) is 1.92. The third-order valence-corrected chi connectivity index (χ3v) is 3.08. The zero-order chi connectivity index (χ0) is 15.8. The van der Waals surface area contributed by atoms with Gasteiger partial charge >= 0.3 is 0 Å². The van der Waals surface area contributed by atoms with Gasteiger partial charge < -0.3 is 10.6 Å². The maximum Gasteiger partial charge on any atom is 0.191 e. The summed E-state index contributed by atoms with van der Waals surface area (Å²) in [6.45, 7) is 3.43. The molecule has 0 saturated carbocycles. The van der Waals surface area contributed by atoms with Crippen LogP contribution in [0, 0.1) is 11.6 Å². The smallest absolute Gasteiger partial charge is 0.191 e. The lowest BCUT2D eigenvalue weighted by Gasteiger charge is -2.11.